The molecule has 0 atom stereocenters. The molecule has 11 heteroatoms. The van der Waals surface area contributed by atoms with Crippen LogP contribution in [0.3, 0.4) is 0 Å². The van der Waals surface area contributed by atoms with Crippen molar-refractivity contribution in [2.75, 3.05) is 11.9 Å². The SMILES string of the molecule is CCn1c(=O)c2cnc(Nc3ccc4c(c3)CN(C(=O)OC(C)(C)C)CC4)nc2n1-c1nc(C(C)(C)C)cs1. The van der Waals surface area contributed by atoms with Crippen molar-refractivity contribution >= 4 is 40.1 Å². The van der Waals surface area contributed by atoms with Crippen molar-refractivity contribution < 1.29 is 9.53 Å². The maximum absolute atomic E-state index is 13.1. The minimum Gasteiger partial charge on any atom is -0.444 e. The lowest BCUT2D eigenvalue weighted by Crippen LogP contribution is -2.39. The van der Waals surface area contributed by atoms with Crippen LogP contribution in [0.2, 0.25) is 0 Å². The first-order valence-electron chi connectivity index (χ1n) is 13.2. The summed E-state index contributed by atoms with van der Waals surface area (Å²) in [6.07, 6.45) is 2.02. The van der Waals surface area contributed by atoms with Gasteiger partial charge in [0.25, 0.3) is 5.56 Å². The standard InChI is InChI=1S/C28H35N7O3S/c1-8-34-23(36)20-14-29-24(32-22(20)35(34)25-31-21(16-39-25)27(2,3)4)30-19-10-9-17-11-12-33(15-18(17)13-19)26(37)38-28(5,6)7/h9-10,13-14,16H,8,11-12,15H2,1-7H3,(H,29,30,32). The number of hydrogen-bond acceptors (Lipinski definition) is 8. The summed E-state index contributed by atoms with van der Waals surface area (Å²) in [6.45, 7) is 15.4. The first-order chi connectivity index (χ1) is 18.3. The van der Waals surface area contributed by atoms with Gasteiger partial charge in [0.05, 0.1) is 5.69 Å². The van der Waals surface area contributed by atoms with Crippen molar-refractivity contribution in [3.63, 3.8) is 0 Å². The second kappa shape index (κ2) is 9.78. The van der Waals surface area contributed by atoms with Crippen LogP contribution in [0.25, 0.3) is 16.2 Å². The predicted molar refractivity (Wildman–Crippen MR) is 153 cm³/mol. The number of nitrogens with zero attached hydrogens (tertiary/aromatic N) is 6. The molecule has 1 amide bonds. The van der Waals surface area contributed by atoms with Crippen LogP contribution in [-0.2, 0) is 29.7 Å². The Labute approximate surface area is 231 Å². The van der Waals surface area contributed by atoms with Crippen molar-refractivity contribution in [2.24, 2.45) is 0 Å². The number of fused-ring (bicyclic) bond motifs is 2. The molecule has 1 aromatic carbocycles. The smallest absolute Gasteiger partial charge is 0.410 e. The molecule has 0 fully saturated rings. The van der Waals surface area contributed by atoms with Gasteiger partial charge in [-0.3, -0.25) is 4.79 Å². The van der Waals surface area contributed by atoms with Gasteiger partial charge in [-0.05, 0) is 57.4 Å². The molecule has 0 saturated carbocycles. The van der Waals surface area contributed by atoms with Crippen LogP contribution in [0.15, 0.2) is 34.6 Å². The number of amides is 1. The lowest BCUT2D eigenvalue weighted by Gasteiger charge is -2.31. The number of hydrogen-bond donors (Lipinski definition) is 1. The summed E-state index contributed by atoms with van der Waals surface area (Å²) < 4.78 is 8.99. The normalized spacial score (nSPS) is 14.0. The predicted octanol–water partition coefficient (Wildman–Crippen LogP) is 5.39. The molecule has 4 aromatic rings. The van der Waals surface area contributed by atoms with Gasteiger partial charge < -0.3 is 15.0 Å². The van der Waals surface area contributed by atoms with Crippen molar-refractivity contribution in [3.05, 3.63) is 57.0 Å². The molecule has 0 unspecified atom stereocenters. The van der Waals surface area contributed by atoms with E-state index in [-0.39, 0.29) is 17.1 Å². The van der Waals surface area contributed by atoms with Gasteiger partial charge >= 0.3 is 6.09 Å². The number of rotatable bonds is 4. The van der Waals surface area contributed by atoms with Gasteiger partial charge in [-0.1, -0.05) is 26.8 Å². The summed E-state index contributed by atoms with van der Waals surface area (Å²) in [5, 5.41) is 6.44. The van der Waals surface area contributed by atoms with Gasteiger partial charge in [-0.25, -0.2) is 24.1 Å². The first-order valence-corrected chi connectivity index (χ1v) is 14.0. The molecule has 1 aliphatic rings. The van der Waals surface area contributed by atoms with Crippen molar-refractivity contribution in [2.45, 2.75) is 79.0 Å². The summed E-state index contributed by atoms with van der Waals surface area (Å²) >= 11 is 1.49. The number of thiazole rings is 1. The van der Waals surface area contributed by atoms with Crippen LogP contribution in [0.5, 0.6) is 0 Å². The minimum atomic E-state index is -0.540. The maximum Gasteiger partial charge on any atom is 0.410 e. The summed E-state index contributed by atoms with van der Waals surface area (Å²) in [7, 11) is 0. The largest absolute Gasteiger partial charge is 0.444 e. The van der Waals surface area contributed by atoms with Crippen LogP contribution < -0.4 is 10.9 Å². The number of benzene rings is 1. The van der Waals surface area contributed by atoms with E-state index in [0.29, 0.717) is 41.7 Å². The average Bonchev–Trinajstić information content (AvgIpc) is 3.45. The summed E-state index contributed by atoms with van der Waals surface area (Å²) in [5.41, 5.74) is 3.71. The molecule has 206 valence electrons. The third kappa shape index (κ3) is 5.40. The van der Waals surface area contributed by atoms with Crippen LogP contribution in [0.1, 0.15) is 65.3 Å². The number of nitrogens with one attached hydrogen (secondary N) is 1. The number of carbonyl (C=O) groups is 1. The van der Waals surface area contributed by atoms with Crippen molar-refractivity contribution in [3.8, 4) is 5.13 Å². The molecule has 4 heterocycles. The third-order valence-corrected chi connectivity index (χ3v) is 7.36. The molecular weight excluding hydrogens is 514 g/mol. The van der Waals surface area contributed by atoms with Crippen molar-refractivity contribution in [1.82, 2.24) is 29.2 Å². The lowest BCUT2D eigenvalue weighted by molar-refractivity contribution is 0.0224. The Hall–Kier alpha value is -3.73. The number of anilines is 2. The summed E-state index contributed by atoms with van der Waals surface area (Å²) in [4.78, 5) is 41.5. The Morgan fingerprint density at radius 2 is 1.90 bits per heavy atom. The highest BCUT2D eigenvalue weighted by Crippen LogP contribution is 2.28. The fourth-order valence-electron chi connectivity index (χ4n) is 4.52. The van der Waals surface area contributed by atoms with Gasteiger partial charge in [-0.15, -0.1) is 11.3 Å². The minimum absolute atomic E-state index is 0.109. The van der Waals surface area contributed by atoms with Crippen LogP contribution in [0.4, 0.5) is 16.4 Å². The van der Waals surface area contributed by atoms with E-state index in [1.807, 2.05) is 45.2 Å². The fraction of sp³-hybridized carbons (Fsp3) is 0.464. The molecule has 10 nitrogen and oxygen atoms in total. The molecule has 5 rings (SSSR count). The maximum atomic E-state index is 13.1. The van der Waals surface area contributed by atoms with Crippen molar-refractivity contribution in [1.29, 1.82) is 0 Å². The Balaban J connectivity index is 1.46. The van der Waals surface area contributed by atoms with E-state index in [1.165, 1.54) is 16.9 Å². The Morgan fingerprint density at radius 1 is 1.13 bits per heavy atom. The zero-order valence-corrected chi connectivity index (χ0v) is 24.3. The fourth-order valence-corrected chi connectivity index (χ4v) is 5.58. The molecule has 1 aliphatic heterocycles. The summed E-state index contributed by atoms with van der Waals surface area (Å²) in [6, 6.07) is 6.06. The number of ether oxygens (including phenoxy) is 1. The molecule has 0 radical (unpaired) electrons. The zero-order valence-electron chi connectivity index (χ0n) is 23.5. The Kier molecular flexibility index (Phi) is 6.74. The monoisotopic (exact) mass is 549 g/mol. The third-order valence-electron chi connectivity index (χ3n) is 6.54. The molecular formula is C28H35N7O3S. The summed E-state index contributed by atoms with van der Waals surface area (Å²) in [5.74, 6) is 0.372. The molecule has 1 N–H and O–H groups in total. The van der Waals surface area contributed by atoms with Gasteiger partial charge in [0.1, 0.15) is 11.0 Å². The highest BCUT2D eigenvalue weighted by molar-refractivity contribution is 7.12. The van der Waals surface area contributed by atoms with Crippen LogP contribution in [0, 0.1) is 0 Å². The first kappa shape index (κ1) is 26.9. The molecule has 0 saturated heterocycles. The van der Waals surface area contributed by atoms with E-state index in [1.54, 1.807) is 20.5 Å². The lowest BCUT2D eigenvalue weighted by atomic mass is 9.93. The topological polar surface area (TPSA) is 107 Å². The molecule has 0 bridgehead atoms. The van der Waals surface area contributed by atoms with E-state index in [9.17, 15) is 9.59 Å². The van der Waals surface area contributed by atoms with Crippen LogP contribution >= 0.6 is 11.3 Å². The molecule has 0 spiro atoms. The molecule has 0 aliphatic carbocycles. The van der Waals surface area contributed by atoms with Gasteiger partial charge in [0, 0.05) is 42.3 Å². The van der Waals surface area contributed by atoms with Crippen LogP contribution in [-0.4, -0.2) is 47.5 Å². The highest BCUT2D eigenvalue weighted by Gasteiger charge is 2.26. The Morgan fingerprint density at radius 3 is 2.56 bits per heavy atom. The number of aromatic nitrogens is 5. The van der Waals surface area contributed by atoms with Gasteiger partial charge in [-0.2, -0.15) is 4.98 Å². The quantitative estimate of drug-likeness (QED) is 0.364. The second-order valence-electron chi connectivity index (χ2n) is 11.8. The Bertz CT molecular complexity index is 1600. The van der Waals surface area contributed by atoms with E-state index in [2.05, 4.69) is 37.1 Å². The van der Waals surface area contributed by atoms with E-state index < -0.39 is 5.60 Å². The highest BCUT2D eigenvalue weighted by atomic mass is 32.1. The second-order valence-corrected chi connectivity index (χ2v) is 12.6. The zero-order chi connectivity index (χ0) is 28.1. The van der Waals surface area contributed by atoms with Gasteiger partial charge in [0.15, 0.2) is 5.65 Å². The van der Waals surface area contributed by atoms with Gasteiger partial charge in [0.2, 0.25) is 11.1 Å². The van der Waals surface area contributed by atoms with E-state index in [0.717, 1.165) is 23.4 Å². The molecule has 3 aromatic heterocycles. The molecule has 39 heavy (non-hydrogen) atoms. The van der Waals surface area contributed by atoms with E-state index in [4.69, 9.17) is 14.7 Å². The number of carbonyl (C=O) groups excluding carboxylic acids is 1. The average molecular weight is 550 g/mol. The van der Waals surface area contributed by atoms with E-state index >= 15 is 0 Å².